The standard InChI is InChI=1S/C19H19FN6O2/c1-25-17(10-16(24-25)13-2-4-14(20)5-3-13)18(27)23-15-11-21-19(22-12-15)26-6-8-28-9-7-26/h2-5,10-12H,6-9H2,1H3,(H,23,27). The Hall–Kier alpha value is -3.33. The van der Waals surface area contributed by atoms with E-state index in [1.807, 2.05) is 4.90 Å². The molecule has 1 N–H and O–H groups in total. The molecular weight excluding hydrogens is 363 g/mol. The van der Waals surface area contributed by atoms with Crippen LogP contribution in [0.5, 0.6) is 0 Å². The maximum Gasteiger partial charge on any atom is 0.274 e. The van der Waals surface area contributed by atoms with Gasteiger partial charge in [0.25, 0.3) is 5.91 Å². The molecule has 1 aromatic carbocycles. The molecule has 2 aromatic heterocycles. The van der Waals surface area contributed by atoms with Crippen LogP contribution in [-0.4, -0.2) is 52.0 Å². The number of hydrogen-bond donors (Lipinski definition) is 1. The second kappa shape index (κ2) is 7.73. The summed E-state index contributed by atoms with van der Waals surface area (Å²) in [6.07, 6.45) is 3.15. The summed E-state index contributed by atoms with van der Waals surface area (Å²) < 4.78 is 19.9. The van der Waals surface area contributed by atoms with E-state index in [1.165, 1.54) is 16.8 Å². The van der Waals surface area contributed by atoms with Crippen molar-refractivity contribution in [2.45, 2.75) is 0 Å². The third kappa shape index (κ3) is 3.84. The van der Waals surface area contributed by atoms with Gasteiger partial charge in [-0.15, -0.1) is 0 Å². The lowest BCUT2D eigenvalue weighted by atomic mass is 10.1. The minimum atomic E-state index is -0.328. The van der Waals surface area contributed by atoms with Gasteiger partial charge in [-0.1, -0.05) is 0 Å². The van der Waals surface area contributed by atoms with E-state index in [2.05, 4.69) is 20.4 Å². The smallest absolute Gasteiger partial charge is 0.274 e. The van der Waals surface area contributed by atoms with Crippen LogP contribution in [0.1, 0.15) is 10.5 Å². The monoisotopic (exact) mass is 382 g/mol. The fraction of sp³-hybridized carbons (Fsp3) is 0.263. The lowest BCUT2D eigenvalue weighted by Gasteiger charge is -2.26. The maximum atomic E-state index is 13.1. The molecule has 144 valence electrons. The average molecular weight is 382 g/mol. The number of nitrogens with zero attached hydrogens (tertiary/aromatic N) is 5. The van der Waals surface area contributed by atoms with Gasteiger partial charge >= 0.3 is 0 Å². The van der Waals surface area contributed by atoms with Crippen molar-refractivity contribution >= 4 is 17.5 Å². The highest BCUT2D eigenvalue weighted by molar-refractivity contribution is 6.03. The van der Waals surface area contributed by atoms with Gasteiger partial charge in [0.1, 0.15) is 11.5 Å². The van der Waals surface area contributed by atoms with Crippen molar-refractivity contribution in [1.82, 2.24) is 19.7 Å². The van der Waals surface area contributed by atoms with Crippen molar-refractivity contribution < 1.29 is 13.9 Å². The number of carbonyl (C=O) groups excluding carboxylic acids is 1. The van der Waals surface area contributed by atoms with Crippen molar-refractivity contribution in [1.29, 1.82) is 0 Å². The van der Waals surface area contributed by atoms with Crippen LogP contribution in [0.2, 0.25) is 0 Å². The molecule has 0 saturated carbocycles. The Balaban J connectivity index is 1.47. The molecule has 1 fully saturated rings. The number of anilines is 2. The van der Waals surface area contributed by atoms with Gasteiger partial charge in [0.15, 0.2) is 0 Å². The number of carbonyl (C=O) groups is 1. The third-order valence-electron chi connectivity index (χ3n) is 4.44. The summed E-state index contributed by atoms with van der Waals surface area (Å²) in [5.41, 5.74) is 2.18. The van der Waals surface area contributed by atoms with E-state index in [0.29, 0.717) is 36.2 Å². The van der Waals surface area contributed by atoms with Crippen LogP contribution in [0.25, 0.3) is 11.3 Å². The largest absolute Gasteiger partial charge is 0.378 e. The van der Waals surface area contributed by atoms with E-state index in [4.69, 9.17) is 4.74 Å². The molecule has 1 amide bonds. The minimum Gasteiger partial charge on any atom is -0.378 e. The van der Waals surface area contributed by atoms with Gasteiger partial charge < -0.3 is 15.0 Å². The molecule has 28 heavy (non-hydrogen) atoms. The first kappa shape index (κ1) is 18.1. The lowest BCUT2D eigenvalue weighted by Crippen LogP contribution is -2.37. The summed E-state index contributed by atoms with van der Waals surface area (Å²) in [5, 5.41) is 7.11. The summed E-state index contributed by atoms with van der Waals surface area (Å²) >= 11 is 0. The number of hydrogen-bond acceptors (Lipinski definition) is 6. The first-order valence-corrected chi connectivity index (χ1v) is 8.86. The fourth-order valence-corrected chi connectivity index (χ4v) is 2.95. The van der Waals surface area contributed by atoms with Crippen LogP contribution in [0.4, 0.5) is 16.0 Å². The van der Waals surface area contributed by atoms with E-state index < -0.39 is 0 Å². The molecule has 1 aliphatic rings. The number of amides is 1. The Bertz CT molecular complexity index is 965. The van der Waals surface area contributed by atoms with Crippen LogP contribution >= 0.6 is 0 Å². The van der Waals surface area contributed by atoms with Gasteiger partial charge in [-0.2, -0.15) is 5.10 Å². The lowest BCUT2D eigenvalue weighted by molar-refractivity contribution is 0.101. The van der Waals surface area contributed by atoms with Gasteiger partial charge in [-0.05, 0) is 30.3 Å². The van der Waals surface area contributed by atoms with E-state index in [9.17, 15) is 9.18 Å². The Morgan fingerprint density at radius 2 is 1.82 bits per heavy atom. The van der Waals surface area contributed by atoms with Gasteiger partial charge in [0.2, 0.25) is 5.95 Å². The first-order chi connectivity index (χ1) is 13.6. The number of halogens is 1. The number of benzene rings is 1. The molecule has 0 unspecified atom stereocenters. The molecule has 3 aromatic rings. The Morgan fingerprint density at radius 3 is 2.50 bits per heavy atom. The Morgan fingerprint density at radius 1 is 1.14 bits per heavy atom. The highest BCUT2D eigenvalue weighted by Crippen LogP contribution is 2.20. The number of rotatable bonds is 4. The zero-order valence-electron chi connectivity index (χ0n) is 15.3. The van der Waals surface area contributed by atoms with Gasteiger partial charge in [0, 0.05) is 25.7 Å². The van der Waals surface area contributed by atoms with Crippen LogP contribution in [0, 0.1) is 5.82 Å². The molecular formula is C19H19FN6O2. The molecule has 0 radical (unpaired) electrons. The molecule has 4 rings (SSSR count). The van der Waals surface area contributed by atoms with Gasteiger partial charge in [-0.3, -0.25) is 9.48 Å². The summed E-state index contributed by atoms with van der Waals surface area (Å²) in [6.45, 7) is 2.79. The molecule has 3 heterocycles. The summed E-state index contributed by atoms with van der Waals surface area (Å²) in [7, 11) is 1.68. The number of aryl methyl sites for hydroxylation is 1. The second-order valence-electron chi connectivity index (χ2n) is 6.37. The predicted octanol–water partition coefficient (Wildman–Crippen LogP) is 2.11. The van der Waals surface area contributed by atoms with E-state index >= 15 is 0 Å². The van der Waals surface area contributed by atoms with Crippen LogP contribution < -0.4 is 10.2 Å². The molecule has 0 atom stereocenters. The highest BCUT2D eigenvalue weighted by Gasteiger charge is 2.16. The van der Waals surface area contributed by atoms with Crippen molar-refractivity contribution in [2.24, 2.45) is 7.05 Å². The second-order valence-corrected chi connectivity index (χ2v) is 6.37. The van der Waals surface area contributed by atoms with Crippen molar-refractivity contribution in [2.75, 3.05) is 36.5 Å². The van der Waals surface area contributed by atoms with E-state index in [0.717, 1.165) is 18.7 Å². The zero-order valence-corrected chi connectivity index (χ0v) is 15.3. The Labute approximate surface area is 161 Å². The molecule has 1 saturated heterocycles. The zero-order chi connectivity index (χ0) is 19.5. The molecule has 9 heteroatoms. The molecule has 0 bridgehead atoms. The van der Waals surface area contributed by atoms with Crippen molar-refractivity contribution in [3.8, 4) is 11.3 Å². The molecule has 1 aliphatic heterocycles. The highest BCUT2D eigenvalue weighted by atomic mass is 19.1. The predicted molar refractivity (Wildman–Crippen MR) is 102 cm³/mol. The number of morpholine rings is 1. The normalized spacial score (nSPS) is 14.1. The van der Waals surface area contributed by atoms with Gasteiger partial charge in [0.05, 0.1) is 37.0 Å². The van der Waals surface area contributed by atoms with E-state index in [-0.39, 0.29) is 11.7 Å². The summed E-state index contributed by atoms with van der Waals surface area (Å²) in [4.78, 5) is 23.3. The topological polar surface area (TPSA) is 85.2 Å². The number of aromatic nitrogens is 4. The van der Waals surface area contributed by atoms with E-state index in [1.54, 1.807) is 37.6 Å². The third-order valence-corrected chi connectivity index (χ3v) is 4.44. The van der Waals surface area contributed by atoms with Crippen LogP contribution in [0.15, 0.2) is 42.7 Å². The molecule has 0 spiro atoms. The average Bonchev–Trinajstić information content (AvgIpc) is 3.11. The fourth-order valence-electron chi connectivity index (χ4n) is 2.95. The Kier molecular flexibility index (Phi) is 4.98. The molecule has 8 nitrogen and oxygen atoms in total. The first-order valence-electron chi connectivity index (χ1n) is 8.86. The molecule has 0 aliphatic carbocycles. The number of ether oxygens (including phenoxy) is 1. The van der Waals surface area contributed by atoms with Crippen LogP contribution in [0.3, 0.4) is 0 Å². The maximum absolute atomic E-state index is 13.1. The van der Waals surface area contributed by atoms with Crippen molar-refractivity contribution in [3.05, 3.63) is 54.2 Å². The summed E-state index contributed by atoms with van der Waals surface area (Å²) in [6, 6.07) is 7.62. The van der Waals surface area contributed by atoms with Crippen LogP contribution in [-0.2, 0) is 11.8 Å². The quantitative estimate of drug-likeness (QED) is 0.744. The minimum absolute atomic E-state index is 0.321. The van der Waals surface area contributed by atoms with Gasteiger partial charge in [-0.25, -0.2) is 14.4 Å². The van der Waals surface area contributed by atoms with Crippen molar-refractivity contribution in [3.63, 3.8) is 0 Å². The number of nitrogens with one attached hydrogen (secondary N) is 1. The summed E-state index contributed by atoms with van der Waals surface area (Å²) in [5.74, 6) is -0.0373. The SMILES string of the molecule is Cn1nc(-c2ccc(F)cc2)cc1C(=O)Nc1cnc(N2CCOCC2)nc1.